The molecule has 1 N–H and O–H groups in total. The highest BCUT2D eigenvalue weighted by Crippen LogP contribution is 2.13. The van der Waals surface area contributed by atoms with Crippen LogP contribution in [-0.2, 0) is 4.74 Å². The van der Waals surface area contributed by atoms with Gasteiger partial charge in [0, 0.05) is 11.8 Å². The third kappa shape index (κ3) is 5.12. The zero-order valence-corrected chi connectivity index (χ0v) is 10.0. The molecule has 3 nitrogen and oxygen atoms in total. The van der Waals surface area contributed by atoms with Crippen LogP contribution in [0.4, 0.5) is 19.3 Å². The van der Waals surface area contributed by atoms with Crippen LogP contribution in [0.15, 0.2) is 18.2 Å². The van der Waals surface area contributed by atoms with Gasteiger partial charge in [0.2, 0.25) is 0 Å². The van der Waals surface area contributed by atoms with Crippen LogP contribution < -0.4 is 5.32 Å². The van der Waals surface area contributed by atoms with E-state index in [1.165, 1.54) is 6.07 Å². The summed E-state index contributed by atoms with van der Waals surface area (Å²) >= 11 is 0. The lowest BCUT2D eigenvalue weighted by molar-refractivity contribution is 0.159. The fourth-order valence-corrected chi connectivity index (χ4v) is 1.35. The summed E-state index contributed by atoms with van der Waals surface area (Å²) in [5.41, 5.74) is 0.164. The molecular formula is C13H16F2NO2. The quantitative estimate of drug-likeness (QED) is 0.784. The average Bonchev–Trinajstić information content (AvgIpc) is 2.34. The molecule has 0 heterocycles. The van der Waals surface area contributed by atoms with Gasteiger partial charge in [-0.05, 0) is 18.6 Å². The van der Waals surface area contributed by atoms with Gasteiger partial charge in [0.05, 0.1) is 6.61 Å². The molecule has 0 aliphatic heterocycles. The fraction of sp³-hybridized carbons (Fsp3) is 0.385. The van der Waals surface area contributed by atoms with Crippen molar-refractivity contribution in [2.24, 2.45) is 0 Å². The Kier molecular flexibility index (Phi) is 6.11. The first-order chi connectivity index (χ1) is 8.63. The van der Waals surface area contributed by atoms with Crippen molar-refractivity contribution in [3.8, 4) is 0 Å². The van der Waals surface area contributed by atoms with Gasteiger partial charge in [0.15, 0.2) is 11.6 Å². The molecule has 0 bridgehead atoms. The van der Waals surface area contributed by atoms with Gasteiger partial charge < -0.3 is 4.74 Å². The first-order valence-electron chi connectivity index (χ1n) is 5.81. The second-order valence-electron chi connectivity index (χ2n) is 3.80. The first kappa shape index (κ1) is 14.4. The monoisotopic (exact) mass is 256 g/mol. The number of unbranched alkanes of at least 4 members (excludes halogenated alkanes) is 3. The molecule has 0 aromatic heterocycles. The maximum atomic E-state index is 12.8. The Morgan fingerprint density at radius 1 is 1.22 bits per heavy atom. The third-order valence-corrected chi connectivity index (χ3v) is 2.29. The Hall–Kier alpha value is -1.65. The predicted octanol–water partition coefficient (Wildman–Crippen LogP) is 3.91. The van der Waals surface area contributed by atoms with Crippen LogP contribution in [0, 0.1) is 18.6 Å². The van der Waals surface area contributed by atoms with E-state index in [4.69, 9.17) is 4.74 Å². The second-order valence-corrected chi connectivity index (χ2v) is 3.80. The average molecular weight is 256 g/mol. The Morgan fingerprint density at radius 3 is 2.67 bits per heavy atom. The van der Waals surface area contributed by atoms with Crippen molar-refractivity contribution in [1.29, 1.82) is 0 Å². The number of hydrogen-bond acceptors (Lipinski definition) is 2. The number of ether oxygens (including phenoxy) is 1. The lowest BCUT2D eigenvalue weighted by atomic mass is 10.2. The molecule has 0 aliphatic carbocycles. The maximum Gasteiger partial charge on any atom is 0.411 e. The number of carbonyl (C=O) groups is 1. The minimum Gasteiger partial charge on any atom is -0.449 e. The molecule has 1 aromatic carbocycles. The number of carbonyl (C=O) groups excluding carboxylic acids is 1. The topological polar surface area (TPSA) is 38.3 Å². The first-order valence-corrected chi connectivity index (χ1v) is 5.81. The standard InChI is InChI=1S/C13H16F2NO2/c1-2-3-4-5-8-18-13(17)16-10-6-7-11(14)12(15)9-10/h6-7,9H,1-5,8H2,(H,16,17). The molecule has 1 amide bonds. The van der Waals surface area contributed by atoms with Crippen LogP contribution in [0.2, 0.25) is 0 Å². The van der Waals surface area contributed by atoms with Crippen LogP contribution in [0.1, 0.15) is 25.7 Å². The number of anilines is 1. The summed E-state index contributed by atoms with van der Waals surface area (Å²) in [6, 6.07) is 3.11. The lowest BCUT2D eigenvalue weighted by Gasteiger charge is -2.07. The van der Waals surface area contributed by atoms with Gasteiger partial charge >= 0.3 is 6.09 Å². The van der Waals surface area contributed by atoms with Crippen molar-refractivity contribution in [1.82, 2.24) is 0 Å². The van der Waals surface area contributed by atoms with Crippen molar-refractivity contribution < 1.29 is 18.3 Å². The molecule has 1 aromatic rings. The number of benzene rings is 1. The van der Waals surface area contributed by atoms with Gasteiger partial charge in [-0.15, -0.1) is 0 Å². The van der Waals surface area contributed by atoms with Crippen molar-refractivity contribution in [3.05, 3.63) is 36.8 Å². The van der Waals surface area contributed by atoms with Crippen LogP contribution in [0.25, 0.3) is 0 Å². The highest BCUT2D eigenvalue weighted by Gasteiger charge is 2.06. The zero-order valence-electron chi connectivity index (χ0n) is 10.0. The lowest BCUT2D eigenvalue weighted by Crippen LogP contribution is -2.14. The molecule has 0 fully saturated rings. The highest BCUT2D eigenvalue weighted by molar-refractivity contribution is 5.84. The number of halogens is 2. The Labute approximate surface area is 105 Å². The molecule has 5 heteroatoms. The Bertz CT molecular complexity index is 397. The SMILES string of the molecule is [CH2]CCCCCOC(=O)Nc1ccc(F)c(F)c1. The van der Waals surface area contributed by atoms with E-state index in [2.05, 4.69) is 12.2 Å². The van der Waals surface area contributed by atoms with E-state index in [-0.39, 0.29) is 5.69 Å². The molecule has 1 radical (unpaired) electrons. The summed E-state index contributed by atoms with van der Waals surface area (Å²) in [6.07, 6.45) is 2.90. The number of hydrogen-bond donors (Lipinski definition) is 1. The van der Waals surface area contributed by atoms with Crippen molar-refractivity contribution in [3.63, 3.8) is 0 Å². The summed E-state index contributed by atoms with van der Waals surface area (Å²) in [5.74, 6) is -1.97. The number of rotatable bonds is 6. The van der Waals surface area contributed by atoms with E-state index in [1.54, 1.807) is 0 Å². The van der Waals surface area contributed by atoms with Crippen LogP contribution in [-0.4, -0.2) is 12.7 Å². The molecule has 18 heavy (non-hydrogen) atoms. The summed E-state index contributed by atoms with van der Waals surface area (Å²) in [7, 11) is 0. The largest absolute Gasteiger partial charge is 0.449 e. The highest BCUT2D eigenvalue weighted by atomic mass is 19.2. The van der Waals surface area contributed by atoms with Gasteiger partial charge in [-0.2, -0.15) is 0 Å². The van der Waals surface area contributed by atoms with Gasteiger partial charge in [-0.1, -0.05) is 26.2 Å². The van der Waals surface area contributed by atoms with Crippen molar-refractivity contribution in [2.45, 2.75) is 25.7 Å². The molecule has 0 atom stereocenters. The van der Waals surface area contributed by atoms with Crippen LogP contribution in [0.5, 0.6) is 0 Å². The van der Waals surface area contributed by atoms with E-state index < -0.39 is 17.7 Å². The van der Waals surface area contributed by atoms with Gasteiger partial charge in [0.1, 0.15) is 0 Å². The maximum absolute atomic E-state index is 12.8. The van der Waals surface area contributed by atoms with Crippen LogP contribution in [0.3, 0.4) is 0 Å². The Morgan fingerprint density at radius 2 is 2.00 bits per heavy atom. The number of nitrogens with one attached hydrogen (secondary N) is 1. The summed E-state index contributed by atoms with van der Waals surface area (Å²) in [4.78, 5) is 11.3. The molecule has 1 rings (SSSR count). The summed E-state index contributed by atoms with van der Waals surface area (Å²) < 4.78 is 30.4. The smallest absolute Gasteiger partial charge is 0.411 e. The zero-order chi connectivity index (χ0) is 13.4. The van der Waals surface area contributed by atoms with Gasteiger partial charge in [0.25, 0.3) is 0 Å². The molecule has 0 spiro atoms. The summed E-state index contributed by atoms with van der Waals surface area (Å²) in [5, 5.41) is 2.32. The van der Waals surface area contributed by atoms with E-state index in [9.17, 15) is 13.6 Å². The third-order valence-electron chi connectivity index (χ3n) is 2.29. The molecular weight excluding hydrogens is 240 g/mol. The Balaban J connectivity index is 2.29. The van der Waals surface area contributed by atoms with E-state index in [0.29, 0.717) is 6.61 Å². The molecule has 99 valence electrons. The molecule has 0 unspecified atom stereocenters. The molecule has 0 saturated carbocycles. The van der Waals surface area contributed by atoms with Gasteiger partial charge in [-0.25, -0.2) is 13.6 Å². The normalized spacial score (nSPS) is 10.2. The van der Waals surface area contributed by atoms with E-state index >= 15 is 0 Å². The summed E-state index contributed by atoms with van der Waals surface area (Å²) in [6.45, 7) is 4.00. The molecule has 0 saturated heterocycles. The van der Waals surface area contributed by atoms with Crippen molar-refractivity contribution >= 4 is 11.8 Å². The van der Waals surface area contributed by atoms with Crippen molar-refractivity contribution in [2.75, 3.05) is 11.9 Å². The van der Waals surface area contributed by atoms with Gasteiger partial charge in [-0.3, -0.25) is 5.32 Å². The fourth-order valence-electron chi connectivity index (χ4n) is 1.35. The minimum absolute atomic E-state index is 0.164. The van der Waals surface area contributed by atoms with E-state index in [0.717, 1.165) is 37.8 Å². The number of amides is 1. The second kappa shape index (κ2) is 7.63. The van der Waals surface area contributed by atoms with E-state index in [1.807, 2.05) is 0 Å². The molecule has 0 aliphatic rings. The predicted molar refractivity (Wildman–Crippen MR) is 65.2 cm³/mol. The van der Waals surface area contributed by atoms with Crippen LogP contribution >= 0.6 is 0 Å². The minimum atomic E-state index is -1.01.